The fraction of sp³-hybridized carbons (Fsp3) is 0.167. The monoisotopic (exact) mass is 229 g/mol. The van der Waals surface area contributed by atoms with Gasteiger partial charge in [-0.05, 0) is 30.2 Å². The Labute approximate surface area is 96.5 Å². The van der Waals surface area contributed by atoms with E-state index in [9.17, 15) is 4.79 Å². The third-order valence-electron chi connectivity index (χ3n) is 2.83. The van der Waals surface area contributed by atoms with Crippen LogP contribution in [0.15, 0.2) is 33.6 Å². The van der Waals surface area contributed by atoms with Gasteiger partial charge in [0.15, 0.2) is 0 Å². The molecule has 3 rings (SSSR count). The van der Waals surface area contributed by atoms with E-state index < -0.39 is 5.76 Å². The minimum absolute atomic E-state index is 0.320. The Morgan fingerprint density at radius 2 is 2.29 bits per heavy atom. The first-order chi connectivity index (χ1) is 8.28. The summed E-state index contributed by atoms with van der Waals surface area (Å²) in [5.41, 5.74) is 3.10. The number of aryl methyl sites for hydroxylation is 1. The molecule has 0 radical (unpaired) electrons. The van der Waals surface area contributed by atoms with Crippen molar-refractivity contribution < 1.29 is 4.42 Å². The van der Waals surface area contributed by atoms with E-state index >= 15 is 0 Å². The summed E-state index contributed by atoms with van der Waals surface area (Å²) in [5.74, 6) is -0.218. The molecule has 86 valence electrons. The lowest BCUT2D eigenvalue weighted by atomic mass is 10.1. The molecule has 1 aromatic carbocycles. The summed E-state index contributed by atoms with van der Waals surface area (Å²) in [6.07, 6.45) is 2.95. The lowest BCUT2D eigenvalue weighted by molar-refractivity contribution is 0.527. The number of H-pyrrole nitrogens is 2. The molecule has 0 aliphatic rings. The first kappa shape index (κ1) is 9.89. The highest BCUT2D eigenvalue weighted by atomic mass is 16.4. The number of aromatic nitrogens is 3. The number of rotatable bonds is 2. The van der Waals surface area contributed by atoms with Gasteiger partial charge in [0.25, 0.3) is 0 Å². The highest BCUT2D eigenvalue weighted by Gasteiger charge is 2.08. The Balaban J connectivity index is 2.21. The molecule has 2 aromatic heterocycles. The Morgan fingerprint density at radius 3 is 3.00 bits per heavy atom. The molecule has 0 unspecified atom stereocenters. The molecule has 3 aromatic rings. The zero-order chi connectivity index (χ0) is 11.8. The van der Waals surface area contributed by atoms with Crippen LogP contribution in [-0.4, -0.2) is 15.2 Å². The van der Waals surface area contributed by atoms with E-state index in [-0.39, 0.29) is 0 Å². The number of hydrogen-bond acceptors (Lipinski definition) is 3. The van der Waals surface area contributed by atoms with Crippen LogP contribution < -0.4 is 5.76 Å². The second kappa shape index (κ2) is 3.62. The van der Waals surface area contributed by atoms with Crippen molar-refractivity contribution in [3.05, 3.63) is 40.5 Å². The van der Waals surface area contributed by atoms with Gasteiger partial charge in [-0.3, -0.25) is 0 Å². The van der Waals surface area contributed by atoms with Crippen molar-refractivity contribution in [1.29, 1.82) is 0 Å². The quantitative estimate of drug-likeness (QED) is 0.706. The number of nitrogens with zero attached hydrogens (tertiary/aromatic N) is 1. The Bertz CT molecular complexity index is 721. The van der Waals surface area contributed by atoms with Crippen molar-refractivity contribution in [1.82, 2.24) is 15.2 Å². The van der Waals surface area contributed by atoms with Crippen LogP contribution in [0.4, 0.5) is 0 Å². The first-order valence-corrected chi connectivity index (χ1v) is 5.44. The molecule has 0 saturated heterocycles. The molecular weight excluding hydrogens is 218 g/mol. The minimum Gasteiger partial charge on any atom is -0.388 e. The molecule has 0 aliphatic heterocycles. The number of aromatic amines is 2. The van der Waals surface area contributed by atoms with Crippen LogP contribution in [0.1, 0.15) is 12.5 Å². The molecule has 2 heterocycles. The summed E-state index contributed by atoms with van der Waals surface area (Å²) in [6.45, 7) is 2.10. The summed E-state index contributed by atoms with van der Waals surface area (Å²) in [7, 11) is 0. The molecule has 0 aliphatic carbocycles. The van der Waals surface area contributed by atoms with E-state index in [1.165, 1.54) is 5.56 Å². The Hall–Kier alpha value is -2.30. The van der Waals surface area contributed by atoms with Crippen molar-refractivity contribution in [3.8, 4) is 11.5 Å². The van der Waals surface area contributed by atoms with Gasteiger partial charge in [0.05, 0.1) is 0 Å². The van der Waals surface area contributed by atoms with Crippen LogP contribution >= 0.6 is 0 Å². The zero-order valence-corrected chi connectivity index (χ0v) is 9.28. The normalized spacial score (nSPS) is 11.1. The van der Waals surface area contributed by atoms with E-state index in [0.717, 1.165) is 22.9 Å². The molecule has 5 nitrogen and oxygen atoms in total. The molecule has 0 amide bonds. The lowest BCUT2D eigenvalue weighted by Gasteiger charge is -1.97. The minimum atomic E-state index is -0.537. The van der Waals surface area contributed by atoms with E-state index in [1.54, 1.807) is 0 Å². The highest BCUT2D eigenvalue weighted by Crippen LogP contribution is 2.24. The molecule has 5 heteroatoms. The molecule has 0 atom stereocenters. The van der Waals surface area contributed by atoms with E-state index in [2.05, 4.69) is 22.1 Å². The van der Waals surface area contributed by atoms with Gasteiger partial charge in [0, 0.05) is 22.7 Å². The summed E-state index contributed by atoms with van der Waals surface area (Å²) in [4.78, 5) is 14.1. The van der Waals surface area contributed by atoms with Crippen LogP contribution in [0, 0.1) is 0 Å². The van der Waals surface area contributed by atoms with E-state index in [0.29, 0.717) is 5.89 Å². The molecule has 17 heavy (non-hydrogen) atoms. The van der Waals surface area contributed by atoms with Crippen molar-refractivity contribution in [3.63, 3.8) is 0 Å². The van der Waals surface area contributed by atoms with E-state index in [4.69, 9.17) is 4.42 Å². The van der Waals surface area contributed by atoms with Gasteiger partial charge in [-0.25, -0.2) is 9.89 Å². The maximum absolute atomic E-state index is 10.9. The van der Waals surface area contributed by atoms with Crippen LogP contribution in [-0.2, 0) is 6.42 Å². The predicted molar refractivity (Wildman–Crippen MR) is 63.8 cm³/mol. The number of fused-ring (bicyclic) bond motifs is 1. The molecule has 0 saturated carbocycles. The largest absolute Gasteiger partial charge is 0.434 e. The van der Waals surface area contributed by atoms with Crippen LogP contribution in [0.5, 0.6) is 0 Å². The second-order valence-electron chi connectivity index (χ2n) is 3.85. The summed E-state index contributed by atoms with van der Waals surface area (Å²) in [5, 5.41) is 7.21. The van der Waals surface area contributed by atoms with Gasteiger partial charge in [-0.1, -0.05) is 6.92 Å². The number of hydrogen-bond donors (Lipinski definition) is 2. The van der Waals surface area contributed by atoms with Crippen LogP contribution in [0.25, 0.3) is 22.4 Å². The molecule has 2 N–H and O–H groups in total. The highest BCUT2D eigenvalue weighted by molar-refractivity contribution is 5.86. The van der Waals surface area contributed by atoms with Crippen molar-refractivity contribution in [2.75, 3.05) is 0 Å². The third-order valence-corrected chi connectivity index (χ3v) is 2.83. The van der Waals surface area contributed by atoms with Gasteiger partial charge in [-0.2, -0.15) is 0 Å². The summed E-state index contributed by atoms with van der Waals surface area (Å²) >= 11 is 0. The molecule has 0 fully saturated rings. The molecular formula is C12H11N3O2. The van der Waals surface area contributed by atoms with Crippen molar-refractivity contribution in [2.24, 2.45) is 0 Å². The average molecular weight is 229 g/mol. The number of benzene rings is 1. The van der Waals surface area contributed by atoms with Gasteiger partial charge in [0.2, 0.25) is 5.89 Å². The van der Waals surface area contributed by atoms with Crippen molar-refractivity contribution >= 4 is 10.9 Å². The first-order valence-electron chi connectivity index (χ1n) is 5.44. The SMILES string of the molecule is CCc1c[nH]c2ccc(-c3n[nH]c(=O)o3)cc12. The summed E-state index contributed by atoms with van der Waals surface area (Å²) in [6, 6.07) is 5.81. The van der Waals surface area contributed by atoms with Crippen LogP contribution in [0.2, 0.25) is 0 Å². The maximum Gasteiger partial charge on any atom is 0.434 e. The Morgan fingerprint density at radius 1 is 1.41 bits per heavy atom. The number of nitrogens with one attached hydrogen (secondary N) is 2. The fourth-order valence-corrected chi connectivity index (χ4v) is 1.96. The van der Waals surface area contributed by atoms with E-state index in [1.807, 2.05) is 24.4 Å². The molecule has 0 bridgehead atoms. The van der Waals surface area contributed by atoms with Gasteiger partial charge < -0.3 is 9.40 Å². The standard InChI is InChI=1S/C12H11N3O2/c1-2-7-6-13-10-4-3-8(5-9(7)10)11-14-15-12(16)17-11/h3-6,13H,2H2,1H3,(H,15,16). The Kier molecular flexibility index (Phi) is 2.11. The van der Waals surface area contributed by atoms with Gasteiger partial charge in [-0.15, -0.1) is 5.10 Å². The predicted octanol–water partition coefficient (Wildman–Crippen LogP) is 2.07. The van der Waals surface area contributed by atoms with Crippen molar-refractivity contribution in [2.45, 2.75) is 13.3 Å². The zero-order valence-electron chi connectivity index (χ0n) is 9.28. The maximum atomic E-state index is 10.9. The average Bonchev–Trinajstić information content (AvgIpc) is 2.94. The fourth-order valence-electron chi connectivity index (χ4n) is 1.96. The third kappa shape index (κ3) is 1.56. The lowest BCUT2D eigenvalue weighted by Crippen LogP contribution is -1.93. The molecule has 0 spiro atoms. The van der Waals surface area contributed by atoms with Crippen LogP contribution in [0.3, 0.4) is 0 Å². The van der Waals surface area contributed by atoms with Gasteiger partial charge >= 0.3 is 5.76 Å². The smallest absolute Gasteiger partial charge is 0.388 e. The van der Waals surface area contributed by atoms with Gasteiger partial charge in [0.1, 0.15) is 0 Å². The summed E-state index contributed by atoms with van der Waals surface area (Å²) < 4.78 is 4.94. The second-order valence-corrected chi connectivity index (χ2v) is 3.85. The topological polar surface area (TPSA) is 74.7 Å².